The molecule has 1 unspecified atom stereocenters. The predicted octanol–water partition coefficient (Wildman–Crippen LogP) is 4.45. The molecule has 1 saturated heterocycles. The minimum Gasteiger partial charge on any atom is -0.444 e. The number of benzene rings is 2. The van der Waals surface area contributed by atoms with Crippen LogP contribution in [-0.2, 0) is 16.1 Å². The average Bonchev–Trinajstić information content (AvgIpc) is 2.95. The Morgan fingerprint density at radius 3 is 2.29 bits per heavy atom. The number of aliphatic hydroxyl groups is 1. The van der Waals surface area contributed by atoms with Gasteiger partial charge in [-0.1, -0.05) is 17.7 Å². The largest absolute Gasteiger partial charge is 0.444 e. The number of rotatable bonds is 10. The van der Waals surface area contributed by atoms with Gasteiger partial charge in [-0.25, -0.2) is 13.6 Å². The first-order valence-corrected chi connectivity index (χ1v) is 14.4. The maximum atomic E-state index is 15.0. The predicted molar refractivity (Wildman–Crippen MR) is 157 cm³/mol. The van der Waals surface area contributed by atoms with E-state index in [1.54, 1.807) is 31.7 Å². The number of hydrogen-bond acceptors (Lipinski definition) is 7. The van der Waals surface area contributed by atoms with Gasteiger partial charge in [-0.15, -0.1) is 0 Å². The standard InChI is InChI=1S/C29H35ClF5N5O5/c1-28(2,3)45-27(44)37-16-22(41)26(43)36-15-17-4-6-19(24(32)23(17)31)25(42)38-20-7-5-18(30)14-21(20)40-12-10-39(11-13-40)9-8-29(33,34)35/h4-7,14,22,41H,8-13,15-16H2,1-3H3,(H,36,43)(H,37,44)(H,38,42). The highest BCUT2D eigenvalue weighted by Crippen LogP contribution is 2.31. The zero-order valence-electron chi connectivity index (χ0n) is 24.9. The van der Waals surface area contributed by atoms with Gasteiger partial charge in [0.15, 0.2) is 11.6 Å². The van der Waals surface area contributed by atoms with Crippen LogP contribution in [0.25, 0.3) is 0 Å². The quantitative estimate of drug-likeness (QED) is 0.277. The van der Waals surface area contributed by atoms with Crippen molar-refractivity contribution in [3.05, 3.63) is 58.1 Å². The SMILES string of the molecule is CC(C)(C)OC(=O)NCC(O)C(=O)NCc1ccc(C(=O)Nc2ccc(Cl)cc2N2CCN(CCC(F)(F)F)CC2)c(F)c1F. The Kier molecular flexibility index (Phi) is 12.0. The van der Waals surface area contributed by atoms with E-state index in [1.807, 2.05) is 4.90 Å². The van der Waals surface area contributed by atoms with Gasteiger partial charge in [0.2, 0.25) is 0 Å². The lowest BCUT2D eigenvalue weighted by atomic mass is 10.1. The van der Waals surface area contributed by atoms with Crippen molar-refractivity contribution in [3.63, 3.8) is 0 Å². The average molecular weight is 664 g/mol. The molecular weight excluding hydrogens is 629 g/mol. The van der Waals surface area contributed by atoms with E-state index >= 15 is 0 Å². The molecule has 0 saturated carbocycles. The number of carbonyl (C=O) groups is 3. The van der Waals surface area contributed by atoms with Crippen molar-refractivity contribution in [1.29, 1.82) is 0 Å². The Morgan fingerprint density at radius 1 is 1.00 bits per heavy atom. The van der Waals surface area contributed by atoms with Gasteiger partial charge in [0.05, 0.1) is 29.9 Å². The lowest BCUT2D eigenvalue weighted by Gasteiger charge is -2.37. The Hall–Kier alpha value is -3.69. The van der Waals surface area contributed by atoms with Gasteiger partial charge in [-0.3, -0.25) is 14.5 Å². The van der Waals surface area contributed by atoms with Crippen molar-refractivity contribution >= 4 is 40.9 Å². The van der Waals surface area contributed by atoms with Gasteiger partial charge >= 0.3 is 12.3 Å². The highest BCUT2D eigenvalue weighted by molar-refractivity contribution is 6.31. The molecule has 0 spiro atoms. The van der Waals surface area contributed by atoms with Crippen LogP contribution >= 0.6 is 11.6 Å². The summed E-state index contributed by atoms with van der Waals surface area (Å²) in [6, 6.07) is 6.66. The van der Waals surface area contributed by atoms with Gasteiger partial charge in [0.25, 0.3) is 11.8 Å². The molecule has 2 aromatic rings. The van der Waals surface area contributed by atoms with Crippen molar-refractivity contribution in [2.24, 2.45) is 0 Å². The number of amides is 3. The summed E-state index contributed by atoms with van der Waals surface area (Å²) in [6.07, 6.45) is -7.74. The van der Waals surface area contributed by atoms with Crippen LogP contribution in [0, 0.1) is 11.6 Å². The zero-order chi connectivity index (χ0) is 33.5. The fraction of sp³-hybridized carbons (Fsp3) is 0.483. The molecule has 10 nitrogen and oxygen atoms in total. The molecule has 3 amide bonds. The molecule has 0 radical (unpaired) electrons. The molecule has 1 atom stereocenters. The Balaban J connectivity index is 1.61. The lowest BCUT2D eigenvalue weighted by molar-refractivity contribution is -0.138. The number of alkyl halides is 3. The van der Waals surface area contributed by atoms with Crippen molar-refractivity contribution in [3.8, 4) is 0 Å². The number of carbonyl (C=O) groups excluding carboxylic acids is 3. The number of halogens is 6. The van der Waals surface area contributed by atoms with Crippen molar-refractivity contribution in [2.45, 2.75) is 51.6 Å². The van der Waals surface area contributed by atoms with E-state index in [1.165, 1.54) is 12.1 Å². The summed E-state index contributed by atoms with van der Waals surface area (Å²) >= 11 is 6.15. The summed E-state index contributed by atoms with van der Waals surface area (Å²) in [5.41, 5.74) is -1.02. The van der Waals surface area contributed by atoms with Gasteiger partial charge in [0.1, 0.15) is 11.7 Å². The molecule has 1 aliphatic heterocycles. The summed E-state index contributed by atoms with van der Waals surface area (Å²) in [7, 11) is 0. The molecule has 4 N–H and O–H groups in total. The summed E-state index contributed by atoms with van der Waals surface area (Å²) in [6.45, 7) is 5.11. The second-order valence-corrected chi connectivity index (χ2v) is 11.8. The first-order valence-electron chi connectivity index (χ1n) is 14.0. The summed E-state index contributed by atoms with van der Waals surface area (Å²) in [4.78, 5) is 40.3. The van der Waals surface area contributed by atoms with Crippen LogP contribution in [0.4, 0.5) is 38.1 Å². The maximum Gasteiger partial charge on any atom is 0.407 e. The van der Waals surface area contributed by atoms with Crippen molar-refractivity contribution in [1.82, 2.24) is 15.5 Å². The third kappa shape index (κ3) is 11.0. The minimum atomic E-state index is -4.26. The third-order valence-corrected chi connectivity index (χ3v) is 6.87. The highest BCUT2D eigenvalue weighted by atomic mass is 35.5. The van der Waals surface area contributed by atoms with E-state index in [-0.39, 0.29) is 17.8 Å². The molecule has 248 valence electrons. The number of nitrogens with one attached hydrogen (secondary N) is 3. The summed E-state index contributed by atoms with van der Waals surface area (Å²) < 4.78 is 72.6. The first kappa shape index (κ1) is 35.8. The van der Waals surface area contributed by atoms with Gasteiger partial charge in [0, 0.05) is 49.9 Å². The fourth-order valence-electron chi connectivity index (χ4n) is 4.35. The molecular formula is C29H35ClF5N5O5. The summed E-state index contributed by atoms with van der Waals surface area (Å²) in [5.74, 6) is -4.81. The molecule has 0 aromatic heterocycles. The van der Waals surface area contributed by atoms with Crippen LogP contribution in [0.1, 0.15) is 43.1 Å². The van der Waals surface area contributed by atoms with E-state index in [2.05, 4.69) is 16.0 Å². The number of alkyl carbamates (subject to hydrolysis) is 1. The number of hydrogen-bond donors (Lipinski definition) is 4. The highest BCUT2D eigenvalue weighted by Gasteiger charge is 2.29. The molecule has 2 aromatic carbocycles. The molecule has 16 heteroatoms. The Labute approximate surface area is 261 Å². The van der Waals surface area contributed by atoms with E-state index in [4.69, 9.17) is 16.3 Å². The molecule has 1 aliphatic rings. The molecule has 0 aliphatic carbocycles. The second kappa shape index (κ2) is 15.1. The van der Waals surface area contributed by atoms with Crippen LogP contribution in [0.3, 0.4) is 0 Å². The Morgan fingerprint density at radius 2 is 1.67 bits per heavy atom. The van der Waals surface area contributed by atoms with Crippen LogP contribution in [0.2, 0.25) is 5.02 Å². The minimum absolute atomic E-state index is 0.132. The van der Waals surface area contributed by atoms with Crippen molar-refractivity contribution < 1.29 is 46.2 Å². The molecule has 0 bridgehead atoms. The molecule has 1 fully saturated rings. The van der Waals surface area contributed by atoms with Crippen LogP contribution in [0.15, 0.2) is 30.3 Å². The number of piperazine rings is 1. The monoisotopic (exact) mass is 663 g/mol. The fourth-order valence-corrected chi connectivity index (χ4v) is 4.51. The third-order valence-electron chi connectivity index (χ3n) is 6.63. The number of nitrogens with zero attached hydrogens (tertiary/aromatic N) is 2. The van der Waals surface area contributed by atoms with Gasteiger partial charge < -0.3 is 30.7 Å². The van der Waals surface area contributed by atoms with E-state index in [9.17, 15) is 41.4 Å². The zero-order valence-corrected chi connectivity index (χ0v) is 25.6. The molecule has 3 rings (SSSR count). The second-order valence-electron chi connectivity index (χ2n) is 11.3. The number of ether oxygens (including phenoxy) is 1. The smallest absolute Gasteiger partial charge is 0.407 e. The van der Waals surface area contributed by atoms with Crippen LogP contribution in [-0.4, -0.2) is 85.1 Å². The number of aliphatic hydroxyl groups excluding tert-OH is 1. The lowest BCUT2D eigenvalue weighted by Crippen LogP contribution is -2.47. The van der Waals surface area contributed by atoms with Gasteiger partial charge in [-0.05, 0) is 45.0 Å². The van der Waals surface area contributed by atoms with E-state index in [0.717, 1.165) is 12.1 Å². The summed E-state index contributed by atoms with van der Waals surface area (Å²) in [5, 5.41) is 17.3. The van der Waals surface area contributed by atoms with E-state index < -0.39 is 72.5 Å². The van der Waals surface area contributed by atoms with E-state index in [0.29, 0.717) is 36.9 Å². The molecule has 1 heterocycles. The van der Waals surface area contributed by atoms with Crippen LogP contribution < -0.4 is 20.9 Å². The molecule has 45 heavy (non-hydrogen) atoms. The Bertz CT molecular complexity index is 1380. The van der Waals surface area contributed by atoms with Gasteiger partial charge in [-0.2, -0.15) is 13.2 Å². The first-order chi connectivity index (χ1) is 20.9. The number of anilines is 2. The maximum absolute atomic E-state index is 15.0. The topological polar surface area (TPSA) is 123 Å². The van der Waals surface area contributed by atoms with Crippen molar-refractivity contribution in [2.75, 3.05) is 49.5 Å². The van der Waals surface area contributed by atoms with Crippen LogP contribution in [0.5, 0.6) is 0 Å². The normalized spacial score (nSPS) is 14.9.